The standard InChI is InChI=1S/C14H20N4/c1-14(4-7-18(2)8-5-14)11-17-13-10-16-6-3-12(13)9-15/h3,6,10,17H,4-5,7-8,11H2,1-2H3. The number of likely N-dealkylation sites (tertiary alicyclic amines) is 1. The Morgan fingerprint density at radius 1 is 1.50 bits per heavy atom. The molecule has 4 nitrogen and oxygen atoms in total. The van der Waals surface area contributed by atoms with Crippen LogP contribution in [0.25, 0.3) is 0 Å². The molecule has 18 heavy (non-hydrogen) atoms. The SMILES string of the molecule is CN1CCC(C)(CNc2cnccc2C#N)CC1. The van der Waals surface area contributed by atoms with Crippen LogP contribution in [0, 0.1) is 16.7 Å². The van der Waals surface area contributed by atoms with Gasteiger partial charge in [0.1, 0.15) is 6.07 Å². The molecule has 0 spiro atoms. The van der Waals surface area contributed by atoms with Crippen LogP contribution in [0.5, 0.6) is 0 Å². The maximum Gasteiger partial charge on any atom is 0.101 e. The summed E-state index contributed by atoms with van der Waals surface area (Å²) in [5.74, 6) is 0. The minimum atomic E-state index is 0.315. The molecule has 1 aliphatic rings. The van der Waals surface area contributed by atoms with Crippen molar-refractivity contribution < 1.29 is 0 Å². The molecular weight excluding hydrogens is 224 g/mol. The highest BCUT2D eigenvalue weighted by Crippen LogP contribution is 2.30. The fourth-order valence-corrected chi connectivity index (χ4v) is 2.28. The molecule has 0 atom stereocenters. The zero-order valence-electron chi connectivity index (χ0n) is 11.1. The van der Waals surface area contributed by atoms with Crippen molar-refractivity contribution in [2.24, 2.45) is 5.41 Å². The number of anilines is 1. The monoisotopic (exact) mass is 244 g/mol. The lowest BCUT2D eigenvalue weighted by molar-refractivity contribution is 0.150. The van der Waals surface area contributed by atoms with Crippen LogP contribution < -0.4 is 5.32 Å². The third kappa shape index (κ3) is 2.99. The molecule has 96 valence electrons. The first-order valence-electron chi connectivity index (χ1n) is 6.39. The van der Waals surface area contributed by atoms with E-state index in [1.807, 2.05) is 0 Å². The van der Waals surface area contributed by atoms with E-state index in [9.17, 15) is 0 Å². The highest BCUT2D eigenvalue weighted by molar-refractivity contribution is 5.55. The predicted molar refractivity (Wildman–Crippen MR) is 72.3 cm³/mol. The highest BCUT2D eigenvalue weighted by Gasteiger charge is 2.28. The number of hydrogen-bond donors (Lipinski definition) is 1. The lowest BCUT2D eigenvalue weighted by Crippen LogP contribution is -2.40. The molecule has 0 unspecified atom stereocenters. The van der Waals surface area contributed by atoms with Crippen molar-refractivity contribution in [3.8, 4) is 6.07 Å². The maximum atomic E-state index is 9.03. The molecular formula is C14H20N4. The van der Waals surface area contributed by atoms with Gasteiger partial charge in [0, 0.05) is 12.7 Å². The number of hydrogen-bond acceptors (Lipinski definition) is 4. The summed E-state index contributed by atoms with van der Waals surface area (Å²) in [4.78, 5) is 6.44. The van der Waals surface area contributed by atoms with Crippen molar-refractivity contribution in [2.45, 2.75) is 19.8 Å². The minimum Gasteiger partial charge on any atom is -0.382 e. The second-order valence-electron chi connectivity index (χ2n) is 5.50. The normalized spacial score (nSPS) is 19.2. The minimum absolute atomic E-state index is 0.315. The van der Waals surface area contributed by atoms with Crippen LogP contribution in [0.3, 0.4) is 0 Å². The first kappa shape index (κ1) is 12.8. The molecule has 0 bridgehead atoms. The first-order valence-corrected chi connectivity index (χ1v) is 6.39. The molecule has 1 aliphatic heterocycles. The number of pyridine rings is 1. The van der Waals surface area contributed by atoms with E-state index in [4.69, 9.17) is 5.26 Å². The van der Waals surface area contributed by atoms with E-state index in [2.05, 4.69) is 35.2 Å². The number of nitrogens with zero attached hydrogens (tertiary/aromatic N) is 3. The summed E-state index contributed by atoms with van der Waals surface area (Å²) < 4.78 is 0. The van der Waals surface area contributed by atoms with Gasteiger partial charge in [0.2, 0.25) is 0 Å². The molecule has 1 aromatic rings. The molecule has 0 amide bonds. The van der Waals surface area contributed by atoms with E-state index >= 15 is 0 Å². The van der Waals surface area contributed by atoms with Crippen LogP contribution >= 0.6 is 0 Å². The topological polar surface area (TPSA) is 52.0 Å². The van der Waals surface area contributed by atoms with Crippen molar-refractivity contribution in [1.29, 1.82) is 5.26 Å². The van der Waals surface area contributed by atoms with Crippen LogP contribution in [-0.2, 0) is 0 Å². The summed E-state index contributed by atoms with van der Waals surface area (Å²) >= 11 is 0. The van der Waals surface area contributed by atoms with Crippen molar-refractivity contribution >= 4 is 5.69 Å². The van der Waals surface area contributed by atoms with E-state index in [0.29, 0.717) is 11.0 Å². The smallest absolute Gasteiger partial charge is 0.101 e. The van der Waals surface area contributed by atoms with E-state index in [-0.39, 0.29) is 0 Å². The lowest BCUT2D eigenvalue weighted by atomic mass is 9.80. The van der Waals surface area contributed by atoms with Gasteiger partial charge in [0.05, 0.1) is 17.4 Å². The summed E-state index contributed by atoms with van der Waals surface area (Å²) in [7, 11) is 2.17. The average Bonchev–Trinajstić information content (AvgIpc) is 2.41. The summed E-state index contributed by atoms with van der Waals surface area (Å²) in [5, 5.41) is 12.4. The summed E-state index contributed by atoms with van der Waals surface area (Å²) in [6.07, 6.45) is 5.77. The van der Waals surface area contributed by atoms with Crippen LogP contribution in [0.4, 0.5) is 5.69 Å². The Morgan fingerprint density at radius 3 is 2.89 bits per heavy atom. The average molecular weight is 244 g/mol. The number of rotatable bonds is 3. The number of nitriles is 1. The van der Waals surface area contributed by atoms with Crippen LogP contribution in [0.15, 0.2) is 18.5 Å². The summed E-state index contributed by atoms with van der Waals surface area (Å²) in [6.45, 7) is 5.52. The zero-order valence-corrected chi connectivity index (χ0v) is 11.1. The highest BCUT2D eigenvalue weighted by atomic mass is 15.1. The van der Waals surface area contributed by atoms with E-state index < -0.39 is 0 Å². The van der Waals surface area contributed by atoms with Crippen molar-refractivity contribution in [1.82, 2.24) is 9.88 Å². The van der Waals surface area contributed by atoms with E-state index in [0.717, 1.165) is 25.3 Å². The molecule has 4 heteroatoms. The molecule has 2 heterocycles. The number of nitrogens with one attached hydrogen (secondary N) is 1. The fourth-order valence-electron chi connectivity index (χ4n) is 2.28. The molecule has 0 aromatic carbocycles. The van der Waals surface area contributed by atoms with Gasteiger partial charge in [-0.25, -0.2) is 0 Å². The van der Waals surface area contributed by atoms with Gasteiger partial charge >= 0.3 is 0 Å². The third-order valence-corrected chi connectivity index (χ3v) is 3.84. The molecule has 1 fully saturated rings. The Balaban J connectivity index is 1.97. The van der Waals surface area contributed by atoms with Crippen molar-refractivity contribution in [2.75, 3.05) is 32.0 Å². The summed E-state index contributed by atoms with van der Waals surface area (Å²) in [5.41, 5.74) is 1.83. The molecule has 2 rings (SSSR count). The van der Waals surface area contributed by atoms with Gasteiger partial charge in [-0.15, -0.1) is 0 Å². The predicted octanol–water partition coefficient (Wildman–Crippen LogP) is 2.10. The van der Waals surface area contributed by atoms with Gasteiger partial charge in [-0.1, -0.05) is 6.92 Å². The first-order chi connectivity index (χ1) is 8.63. The third-order valence-electron chi connectivity index (χ3n) is 3.84. The van der Waals surface area contributed by atoms with Crippen molar-refractivity contribution in [3.05, 3.63) is 24.0 Å². The largest absolute Gasteiger partial charge is 0.382 e. The zero-order chi connectivity index (χ0) is 13.0. The van der Waals surface area contributed by atoms with Crippen LogP contribution in [0.1, 0.15) is 25.3 Å². The maximum absolute atomic E-state index is 9.03. The van der Waals surface area contributed by atoms with Gasteiger partial charge in [-0.3, -0.25) is 4.98 Å². The Morgan fingerprint density at radius 2 is 2.22 bits per heavy atom. The number of aromatic nitrogens is 1. The van der Waals surface area contributed by atoms with Crippen LogP contribution in [-0.4, -0.2) is 36.6 Å². The Bertz CT molecular complexity index is 441. The van der Waals surface area contributed by atoms with Gasteiger partial charge in [0.15, 0.2) is 0 Å². The van der Waals surface area contributed by atoms with Gasteiger partial charge in [-0.2, -0.15) is 5.26 Å². The molecule has 0 saturated carbocycles. The quantitative estimate of drug-likeness (QED) is 0.884. The second-order valence-corrected chi connectivity index (χ2v) is 5.50. The lowest BCUT2D eigenvalue weighted by Gasteiger charge is -2.38. The van der Waals surface area contributed by atoms with Crippen LogP contribution in [0.2, 0.25) is 0 Å². The number of piperidine rings is 1. The molecule has 1 N–H and O–H groups in total. The van der Waals surface area contributed by atoms with E-state index in [1.165, 1.54) is 12.8 Å². The van der Waals surface area contributed by atoms with Gasteiger partial charge in [0.25, 0.3) is 0 Å². The molecule has 1 aromatic heterocycles. The Kier molecular flexibility index (Phi) is 3.83. The summed E-state index contributed by atoms with van der Waals surface area (Å²) in [6, 6.07) is 3.94. The van der Waals surface area contributed by atoms with Gasteiger partial charge in [-0.05, 0) is 44.5 Å². The van der Waals surface area contributed by atoms with E-state index in [1.54, 1.807) is 18.5 Å². The molecule has 0 radical (unpaired) electrons. The van der Waals surface area contributed by atoms with Gasteiger partial charge < -0.3 is 10.2 Å². The Hall–Kier alpha value is -1.60. The Labute approximate surface area is 109 Å². The molecule has 0 aliphatic carbocycles. The fraction of sp³-hybridized carbons (Fsp3) is 0.571. The van der Waals surface area contributed by atoms with Crippen molar-refractivity contribution in [3.63, 3.8) is 0 Å². The molecule has 1 saturated heterocycles. The second kappa shape index (κ2) is 5.36.